The second kappa shape index (κ2) is 4.12. The number of benzene rings is 1. The van der Waals surface area contributed by atoms with Crippen molar-refractivity contribution >= 4 is 16.8 Å². The van der Waals surface area contributed by atoms with Gasteiger partial charge in [-0.25, -0.2) is 4.39 Å². The third-order valence-electron chi connectivity index (χ3n) is 3.76. The van der Waals surface area contributed by atoms with E-state index in [0.29, 0.717) is 0 Å². The molecule has 0 bridgehead atoms. The molecule has 1 atom stereocenters. The smallest absolute Gasteiger partial charge is 0.226 e. The van der Waals surface area contributed by atoms with Crippen molar-refractivity contribution in [3.8, 4) is 0 Å². The lowest BCUT2D eigenvalue weighted by Crippen LogP contribution is -2.21. The molecule has 1 heterocycles. The minimum absolute atomic E-state index is 0.246. The highest BCUT2D eigenvalue weighted by Crippen LogP contribution is 2.34. The number of aromatic nitrogens is 1. The first-order valence-electron chi connectivity index (χ1n) is 6.26. The van der Waals surface area contributed by atoms with Crippen molar-refractivity contribution in [2.45, 2.75) is 31.6 Å². The van der Waals surface area contributed by atoms with Crippen LogP contribution in [0.15, 0.2) is 18.2 Å². The Morgan fingerprint density at radius 2 is 2.22 bits per heavy atom. The SMILES string of the molecule is NC(=O)C1CCCCc2c1[nH]c1ccc(F)cc21. The van der Waals surface area contributed by atoms with E-state index in [4.69, 9.17) is 5.73 Å². The lowest BCUT2D eigenvalue weighted by Gasteiger charge is -2.09. The number of primary amides is 1. The Morgan fingerprint density at radius 3 is 3.00 bits per heavy atom. The summed E-state index contributed by atoms with van der Waals surface area (Å²) < 4.78 is 13.3. The van der Waals surface area contributed by atoms with Gasteiger partial charge in [0, 0.05) is 16.6 Å². The van der Waals surface area contributed by atoms with Crippen LogP contribution in [0.25, 0.3) is 10.9 Å². The van der Waals surface area contributed by atoms with Crippen molar-refractivity contribution in [2.24, 2.45) is 5.73 Å². The molecule has 0 saturated heterocycles. The van der Waals surface area contributed by atoms with Crippen molar-refractivity contribution < 1.29 is 9.18 Å². The Balaban J connectivity index is 2.24. The molecule has 2 aromatic rings. The Hall–Kier alpha value is -1.84. The van der Waals surface area contributed by atoms with E-state index in [9.17, 15) is 9.18 Å². The van der Waals surface area contributed by atoms with Crippen LogP contribution in [-0.2, 0) is 11.2 Å². The van der Waals surface area contributed by atoms with Gasteiger partial charge in [-0.2, -0.15) is 0 Å². The van der Waals surface area contributed by atoms with Crippen molar-refractivity contribution in [1.82, 2.24) is 4.98 Å². The normalized spacial score (nSPS) is 19.5. The molecule has 4 heteroatoms. The molecule has 1 aliphatic rings. The second-order valence-corrected chi connectivity index (χ2v) is 4.91. The third-order valence-corrected chi connectivity index (χ3v) is 3.76. The first-order valence-corrected chi connectivity index (χ1v) is 6.26. The molecule has 18 heavy (non-hydrogen) atoms. The van der Waals surface area contributed by atoms with Gasteiger partial charge < -0.3 is 10.7 Å². The molecule has 0 radical (unpaired) electrons. The van der Waals surface area contributed by atoms with E-state index in [1.807, 2.05) is 0 Å². The highest BCUT2D eigenvalue weighted by atomic mass is 19.1. The second-order valence-electron chi connectivity index (χ2n) is 4.91. The predicted molar refractivity (Wildman–Crippen MR) is 67.7 cm³/mol. The van der Waals surface area contributed by atoms with Gasteiger partial charge in [0.1, 0.15) is 5.82 Å². The number of rotatable bonds is 1. The van der Waals surface area contributed by atoms with Gasteiger partial charge >= 0.3 is 0 Å². The summed E-state index contributed by atoms with van der Waals surface area (Å²) in [6.45, 7) is 0. The number of hydrogen-bond donors (Lipinski definition) is 2. The van der Waals surface area contributed by atoms with Gasteiger partial charge in [0.05, 0.1) is 5.92 Å². The van der Waals surface area contributed by atoms with Crippen LogP contribution in [0.1, 0.15) is 36.4 Å². The lowest BCUT2D eigenvalue weighted by atomic mass is 9.98. The number of carbonyl (C=O) groups excluding carboxylic acids is 1. The minimum Gasteiger partial charge on any atom is -0.369 e. The molecule has 0 saturated carbocycles. The summed E-state index contributed by atoms with van der Waals surface area (Å²) in [5.74, 6) is -0.813. The van der Waals surface area contributed by atoms with Gasteiger partial charge in [0.25, 0.3) is 0 Å². The maximum Gasteiger partial charge on any atom is 0.226 e. The molecule has 94 valence electrons. The lowest BCUT2D eigenvalue weighted by molar-refractivity contribution is -0.119. The summed E-state index contributed by atoms with van der Waals surface area (Å²) in [5.41, 5.74) is 8.30. The molecule has 1 aromatic carbocycles. The maximum absolute atomic E-state index is 13.3. The third kappa shape index (κ3) is 1.68. The molecule has 0 spiro atoms. The molecule has 1 unspecified atom stereocenters. The number of nitrogens with one attached hydrogen (secondary N) is 1. The molecule has 3 rings (SSSR count). The van der Waals surface area contributed by atoms with E-state index in [0.717, 1.165) is 47.8 Å². The number of aromatic amines is 1. The summed E-state index contributed by atoms with van der Waals surface area (Å²) >= 11 is 0. The van der Waals surface area contributed by atoms with Crippen molar-refractivity contribution in [3.05, 3.63) is 35.3 Å². The van der Waals surface area contributed by atoms with Gasteiger partial charge in [-0.05, 0) is 43.0 Å². The fourth-order valence-electron chi connectivity index (χ4n) is 2.89. The Kier molecular flexibility index (Phi) is 2.58. The number of fused-ring (bicyclic) bond motifs is 3. The standard InChI is InChI=1S/C14H15FN2O/c15-8-5-6-12-11(7-8)9-3-1-2-4-10(14(16)18)13(9)17-12/h5-7,10,17H,1-4H2,(H2,16,18). The molecule has 1 amide bonds. The van der Waals surface area contributed by atoms with Crippen LogP contribution in [0.5, 0.6) is 0 Å². The Morgan fingerprint density at radius 1 is 1.39 bits per heavy atom. The molecular formula is C14H15FN2O. The zero-order valence-electron chi connectivity index (χ0n) is 10.0. The average Bonchev–Trinajstić information content (AvgIpc) is 2.55. The van der Waals surface area contributed by atoms with E-state index < -0.39 is 0 Å². The van der Waals surface area contributed by atoms with E-state index in [-0.39, 0.29) is 17.6 Å². The van der Waals surface area contributed by atoms with Crippen LogP contribution in [-0.4, -0.2) is 10.9 Å². The number of halogens is 1. The summed E-state index contributed by atoms with van der Waals surface area (Å²) in [6.07, 6.45) is 3.65. The number of H-pyrrole nitrogens is 1. The molecule has 1 aromatic heterocycles. The van der Waals surface area contributed by atoms with Crippen LogP contribution in [0.2, 0.25) is 0 Å². The molecule has 0 fully saturated rings. The summed E-state index contributed by atoms with van der Waals surface area (Å²) in [5, 5.41) is 0.887. The van der Waals surface area contributed by atoms with Gasteiger partial charge in [0.15, 0.2) is 0 Å². The van der Waals surface area contributed by atoms with Gasteiger partial charge in [-0.1, -0.05) is 6.42 Å². The minimum atomic E-state index is -0.301. The number of carbonyl (C=O) groups is 1. The molecule has 3 N–H and O–H groups in total. The highest BCUT2D eigenvalue weighted by Gasteiger charge is 2.26. The van der Waals surface area contributed by atoms with Crippen LogP contribution in [0, 0.1) is 5.82 Å². The largest absolute Gasteiger partial charge is 0.369 e. The summed E-state index contributed by atoms with van der Waals surface area (Å²) in [4.78, 5) is 14.8. The van der Waals surface area contributed by atoms with E-state index in [2.05, 4.69) is 4.98 Å². The zero-order valence-corrected chi connectivity index (χ0v) is 10.0. The first kappa shape index (κ1) is 11.3. The van der Waals surface area contributed by atoms with E-state index in [1.165, 1.54) is 12.1 Å². The van der Waals surface area contributed by atoms with Gasteiger partial charge in [-0.15, -0.1) is 0 Å². The average molecular weight is 246 g/mol. The zero-order chi connectivity index (χ0) is 12.7. The Bertz CT molecular complexity index is 618. The summed E-state index contributed by atoms with van der Waals surface area (Å²) in [7, 11) is 0. The van der Waals surface area contributed by atoms with Crippen molar-refractivity contribution in [1.29, 1.82) is 0 Å². The van der Waals surface area contributed by atoms with Crippen molar-refractivity contribution in [3.63, 3.8) is 0 Å². The van der Waals surface area contributed by atoms with Gasteiger partial charge in [0.2, 0.25) is 5.91 Å². The first-order chi connectivity index (χ1) is 8.66. The topological polar surface area (TPSA) is 58.9 Å². The van der Waals surface area contributed by atoms with E-state index in [1.54, 1.807) is 6.07 Å². The quantitative estimate of drug-likeness (QED) is 0.746. The summed E-state index contributed by atoms with van der Waals surface area (Å²) in [6, 6.07) is 4.68. The van der Waals surface area contributed by atoms with Crippen LogP contribution in [0.4, 0.5) is 4.39 Å². The van der Waals surface area contributed by atoms with Crippen LogP contribution < -0.4 is 5.73 Å². The highest BCUT2D eigenvalue weighted by molar-refractivity contribution is 5.89. The van der Waals surface area contributed by atoms with E-state index >= 15 is 0 Å². The molecule has 0 aliphatic heterocycles. The number of nitrogens with two attached hydrogens (primary N) is 1. The van der Waals surface area contributed by atoms with Crippen LogP contribution >= 0.6 is 0 Å². The number of aryl methyl sites for hydroxylation is 1. The van der Waals surface area contributed by atoms with Gasteiger partial charge in [-0.3, -0.25) is 4.79 Å². The predicted octanol–water partition coefficient (Wildman–Crippen LogP) is 2.60. The molecular weight excluding hydrogens is 231 g/mol. The molecule has 1 aliphatic carbocycles. The Labute approximate surface area is 104 Å². The maximum atomic E-state index is 13.3. The van der Waals surface area contributed by atoms with Crippen LogP contribution in [0.3, 0.4) is 0 Å². The fraction of sp³-hybridized carbons (Fsp3) is 0.357. The number of amides is 1. The fourth-order valence-corrected chi connectivity index (χ4v) is 2.89. The number of hydrogen-bond acceptors (Lipinski definition) is 1. The monoisotopic (exact) mass is 246 g/mol. The molecule has 3 nitrogen and oxygen atoms in total. The van der Waals surface area contributed by atoms with Crippen molar-refractivity contribution in [2.75, 3.05) is 0 Å².